The highest BCUT2D eigenvalue weighted by atomic mass is 127. The molecular weight excluding hydrogens is 839 g/mol. The van der Waals surface area contributed by atoms with E-state index in [1.165, 1.54) is 16.9 Å². The van der Waals surface area contributed by atoms with E-state index in [9.17, 15) is 19.5 Å². The third-order valence-corrected chi connectivity index (χ3v) is 14.5. The summed E-state index contributed by atoms with van der Waals surface area (Å²) in [5, 5.41) is 17.3. The largest absolute Gasteiger partial charge is 0.504 e. The molecule has 1 saturated carbocycles. The number of benzene rings is 3. The van der Waals surface area contributed by atoms with Gasteiger partial charge in [-0.05, 0) is 114 Å². The number of ether oxygens (including phenoxy) is 1. The zero-order valence-corrected chi connectivity index (χ0v) is 33.4. The molecule has 1 N–H and O–H groups in total. The maximum Gasteiger partial charge on any atom is 0.242 e. The number of nitrogens with zero attached hydrogens (tertiary/aromatic N) is 4. The molecule has 2 saturated heterocycles. The first-order valence-corrected chi connectivity index (χ1v) is 19.9. The van der Waals surface area contributed by atoms with Gasteiger partial charge in [-0.15, -0.1) is 11.3 Å². The molecule has 274 valence electrons. The highest BCUT2D eigenvalue weighted by Gasteiger charge is 2.68. The number of halogens is 2. The van der Waals surface area contributed by atoms with E-state index in [2.05, 4.69) is 0 Å². The van der Waals surface area contributed by atoms with Crippen LogP contribution in [0, 0.1) is 39.6 Å². The van der Waals surface area contributed by atoms with Crippen molar-refractivity contribution in [3.8, 4) is 22.1 Å². The van der Waals surface area contributed by atoms with Crippen LogP contribution in [0.4, 0.5) is 11.5 Å². The molecular formula is C41H34ClIN4O6S. The number of amides is 4. The number of aromatic hydroxyl groups is 1. The summed E-state index contributed by atoms with van der Waals surface area (Å²) in [6.45, 7) is 3.85. The SMILES string of the molecule is COc1cc(C2C3=CCC4C(=O)N(c5ccccc5)C(=O)C4C3CC3C(=O)N(c4cc(-c5sc6ccc(Cl)cc6c5C)nn4C)C(=O)C32C)cc(I)c1O. The average Bonchev–Trinajstić information content (AvgIpc) is 3.83. The summed E-state index contributed by atoms with van der Waals surface area (Å²) in [6, 6.07) is 20.0. The summed E-state index contributed by atoms with van der Waals surface area (Å²) in [7, 11) is 3.19. The number of anilines is 2. The van der Waals surface area contributed by atoms with Gasteiger partial charge in [0.1, 0.15) is 11.5 Å². The topological polar surface area (TPSA) is 122 Å². The minimum Gasteiger partial charge on any atom is -0.504 e. The average molecular weight is 873 g/mol. The van der Waals surface area contributed by atoms with E-state index < -0.39 is 35.0 Å². The lowest BCUT2D eigenvalue weighted by Crippen LogP contribution is -2.49. The molecule has 5 aromatic rings. The second-order valence-electron chi connectivity index (χ2n) is 14.8. The fraction of sp³-hybridized carbons (Fsp3) is 0.293. The molecule has 4 aliphatic rings. The van der Waals surface area contributed by atoms with Gasteiger partial charge in [-0.25, -0.2) is 4.90 Å². The third-order valence-electron chi connectivity index (χ3n) is 12.1. The number of thiophene rings is 1. The van der Waals surface area contributed by atoms with Crippen LogP contribution in [-0.2, 0) is 26.2 Å². The maximum absolute atomic E-state index is 15.2. The van der Waals surface area contributed by atoms with Gasteiger partial charge in [0.15, 0.2) is 11.5 Å². The number of phenols is 1. The monoisotopic (exact) mass is 872 g/mol. The molecule has 2 aromatic heterocycles. The van der Waals surface area contributed by atoms with Gasteiger partial charge in [-0.3, -0.25) is 28.8 Å². The van der Waals surface area contributed by atoms with Crippen molar-refractivity contribution in [1.29, 1.82) is 0 Å². The molecule has 4 amide bonds. The van der Waals surface area contributed by atoms with Crippen molar-refractivity contribution in [3.63, 3.8) is 0 Å². The highest BCUT2D eigenvalue weighted by molar-refractivity contribution is 14.1. The third kappa shape index (κ3) is 4.84. The maximum atomic E-state index is 15.2. The van der Waals surface area contributed by atoms with Crippen LogP contribution in [0.5, 0.6) is 11.5 Å². The number of allylic oxidation sites excluding steroid dienone is 2. The molecule has 2 aliphatic heterocycles. The minimum atomic E-state index is -1.28. The predicted octanol–water partition coefficient (Wildman–Crippen LogP) is 8.02. The molecule has 0 bridgehead atoms. The Balaban J connectivity index is 1.18. The smallest absolute Gasteiger partial charge is 0.242 e. The predicted molar refractivity (Wildman–Crippen MR) is 215 cm³/mol. The molecule has 0 radical (unpaired) electrons. The van der Waals surface area contributed by atoms with Gasteiger partial charge in [-0.2, -0.15) is 5.10 Å². The van der Waals surface area contributed by atoms with Crippen molar-refractivity contribution in [2.45, 2.75) is 32.6 Å². The summed E-state index contributed by atoms with van der Waals surface area (Å²) in [5.41, 5.74) is 2.40. The lowest BCUT2D eigenvalue weighted by molar-refractivity contribution is -0.131. The summed E-state index contributed by atoms with van der Waals surface area (Å²) in [5.74, 6) is -4.01. The highest BCUT2D eigenvalue weighted by Crippen LogP contribution is 2.64. The number of hydrogen-bond donors (Lipinski definition) is 1. The number of carbonyl (C=O) groups is 4. The van der Waals surface area contributed by atoms with Gasteiger partial charge >= 0.3 is 0 Å². The zero-order valence-electron chi connectivity index (χ0n) is 29.7. The number of rotatable bonds is 5. The molecule has 9 rings (SSSR count). The van der Waals surface area contributed by atoms with E-state index in [1.807, 2.05) is 72.8 Å². The van der Waals surface area contributed by atoms with Gasteiger partial charge in [0.25, 0.3) is 0 Å². The van der Waals surface area contributed by atoms with Crippen LogP contribution in [0.25, 0.3) is 20.7 Å². The van der Waals surface area contributed by atoms with E-state index in [-0.39, 0.29) is 41.5 Å². The van der Waals surface area contributed by atoms with Crippen LogP contribution in [-0.4, -0.2) is 45.6 Å². The summed E-state index contributed by atoms with van der Waals surface area (Å²) >= 11 is 9.93. The molecule has 10 nitrogen and oxygen atoms in total. The Hall–Kier alpha value is -4.53. The minimum absolute atomic E-state index is 0.0275. The van der Waals surface area contributed by atoms with E-state index in [0.717, 1.165) is 26.1 Å². The Kier molecular flexibility index (Phi) is 8.15. The number of imide groups is 2. The van der Waals surface area contributed by atoms with Crippen molar-refractivity contribution in [2.24, 2.45) is 36.1 Å². The Morgan fingerprint density at radius 2 is 1.74 bits per heavy atom. The Labute approximate surface area is 333 Å². The van der Waals surface area contributed by atoms with Gasteiger partial charge in [-0.1, -0.05) is 41.4 Å². The van der Waals surface area contributed by atoms with E-state index >= 15 is 4.79 Å². The lowest BCUT2D eigenvalue weighted by Gasteiger charge is -2.49. The summed E-state index contributed by atoms with van der Waals surface area (Å²) < 4.78 is 8.72. The molecule has 54 heavy (non-hydrogen) atoms. The van der Waals surface area contributed by atoms with Crippen LogP contribution in [0.15, 0.2) is 78.4 Å². The quantitative estimate of drug-likeness (QED) is 0.108. The van der Waals surface area contributed by atoms with Gasteiger partial charge < -0.3 is 9.84 Å². The van der Waals surface area contributed by atoms with Gasteiger partial charge in [0, 0.05) is 28.8 Å². The first-order chi connectivity index (χ1) is 25.8. The molecule has 2 aliphatic carbocycles. The van der Waals surface area contributed by atoms with Crippen LogP contribution in [0.1, 0.15) is 36.8 Å². The fourth-order valence-corrected chi connectivity index (χ4v) is 11.5. The first-order valence-electron chi connectivity index (χ1n) is 17.7. The second kappa shape index (κ2) is 12.5. The normalized spacial score (nSPS) is 26.3. The number of aryl methyl sites for hydroxylation is 2. The molecule has 0 spiro atoms. The number of phenolic OH excluding ortho intramolecular Hbond substituents is 1. The zero-order chi connectivity index (χ0) is 38.0. The summed E-state index contributed by atoms with van der Waals surface area (Å²) in [4.78, 5) is 61.9. The number of hydrogen-bond acceptors (Lipinski definition) is 8. The molecule has 3 fully saturated rings. The van der Waals surface area contributed by atoms with E-state index in [4.69, 9.17) is 21.4 Å². The number of fused-ring (bicyclic) bond motifs is 5. The van der Waals surface area contributed by atoms with Crippen molar-refractivity contribution in [2.75, 3.05) is 16.9 Å². The molecule has 13 heteroatoms. The van der Waals surface area contributed by atoms with Crippen LogP contribution in [0.3, 0.4) is 0 Å². The Bertz CT molecular complexity index is 2510. The van der Waals surface area contributed by atoms with Crippen LogP contribution in [0.2, 0.25) is 5.02 Å². The standard InChI is InChI=1S/C41H34ClIN4O6S/c1-19-25-16-21(42)10-13-31(25)54-36(19)29-18-32(45(3)44-29)47-38(50)27-17-26-23(11-12-24-33(26)39(51)46(37(24)49)22-8-6-5-7-9-22)34(41(27,2)40(47)52)20-14-28(43)35(48)30(15-20)53-4/h5-11,13-16,18,24,26-27,33-34,48H,12,17H2,1-4H3. The Morgan fingerprint density at radius 3 is 2.48 bits per heavy atom. The molecule has 4 heterocycles. The number of aromatic nitrogens is 2. The van der Waals surface area contributed by atoms with Crippen molar-refractivity contribution >= 4 is 90.7 Å². The van der Waals surface area contributed by atoms with Gasteiger partial charge in [0.2, 0.25) is 23.6 Å². The van der Waals surface area contributed by atoms with Crippen molar-refractivity contribution < 1.29 is 29.0 Å². The molecule has 6 atom stereocenters. The number of carbonyl (C=O) groups excluding carboxylic acids is 4. The van der Waals surface area contributed by atoms with Crippen molar-refractivity contribution in [3.05, 3.63) is 98.1 Å². The molecule has 6 unspecified atom stereocenters. The second-order valence-corrected chi connectivity index (χ2v) is 17.4. The van der Waals surface area contributed by atoms with E-state index in [0.29, 0.717) is 37.8 Å². The van der Waals surface area contributed by atoms with Crippen molar-refractivity contribution in [1.82, 2.24) is 9.78 Å². The summed E-state index contributed by atoms with van der Waals surface area (Å²) in [6.07, 6.45) is 2.56. The fourth-order valence-electron chi connectivity index (χ4n) is 9.58. The first kappa shape index (κ1) is 35.2. The van der Waals surface area contributed by atoms with Crippen LogP contribution < -0.4 is 14.5 Å². The number of para-hydroxylation sites is 1. The number of methoxy groups -OCH3 is 1. The van der Waals surface area contributed by atoms with Crippen LogP contribution >= 0.6 is 45.5 Å². The lowest BCUT2D eigenvalue weighted by atomic mass is 9.51. The van der Waals surface area contributed by atoms with Gasteiger partial charge in [0.05, 0.1) is 44.4 Å². The molecule has 3 aromatic carbocycles. The Morgan fingerprint density at radius 1 is 0.981 bits per heavy atom. The van der Waals surface area contributed by atoms with E-state index in [1.54, 1.807) is 59.5 Å².